The minimum atomic E-state index is 0.869. The van der Waals surface area contributed by atoms with Crippen LogP contribution in [0.15, 0.2) is 185 Å². The lowest BCUT2D eigenvalue weighted by Gasteiger charge is -2.28. The quantitative estimate of drug-likeness (QED) is 0.190. The van der Waals surface area contributed by atoms with Crippen LogP contribution in [0.4, 0.5) is 17.1 Å². The molecule has 8 aromatic carbocycles. The van der Waals surface area contributed by atoms with Gasteiger partial charge in [0.2, 0.25) is 0 Å². The van der Waals surface area contributed by atoms with E-state index in [2.05, 4.69) is 157 Å². The molecule has 3 heteroatoms. The van der Waals surface area contributed by atoms with Crippen molar-refractivity contribution in [3.05, 3.63) is 176 Å². The van der Waals surface area contributed by atoms with E-state index < -0.39 is 0 Å². The first-order valence-corrected chi connectivity index (χ1v) is 16.6. The highest BCUT2D eigenvalue weighted by molar-refractivity contribution is 6.19. The molecule has 3 nitrogen and oxygen atoms in total. The van der Waals surface area contributed by atoms with Crippen LogP contribution < -0.4 is 4.90 Å². The van der Waals surface area contributed by atoms with Gasteiger partial charge in [0.15, 0.2) is 0 Å². The highest BCUT2D eigenvalue weighted by Gasteiger charge is 2.19. The zero-order chi connectivity index (χ0) is 32.3. The van der Waals surface area contributed by atoms with Gasteiger partial charge in [0.25, 0.3) is 0 Å². The van der Waals surface area contributed by atoms with E-state index in [0.717, 1.165) is 66.7 Å². The van der Waals surface area contributed by atoms with Gasteiger partial charge in [-0.1, -0.05) is 115 Å². The Kier molecular flexibility index (Phi) is 6.18. The van der Waals surface area contributed by atoms with Crippen molar-refractivity contribution in [1.29, 1.82) is 0 Å². The average Bonchev–Trinajstić information content (AvgIpc) is 3.74. The Labute approximate surface area is 282 Å². The molecule has 0 aliphatic carbocycles. The maximum absolute atomic E-state index is 6.35. The van der Waals surface area contributed by atoms with E-state index in [0.29, 0.717) is 0 Å². The SMILES string of the molecule is c1ccc(-c2ccccc2N(c2ccc(-c3ccc4c(ccc5oc6ccccc6c54)c3)cc2)c2ccc3c(c2)oc2ccccc23)cc1. The Morgan fingerprint density at radius 1 is 0.347 bits per heavy atom. The van der Waals surface area contributed by atoms with Crippen LogP contribution in [0.1, 0.15) is 0 Å². The summed E-state index contributed by atoms with van der Waals surface area (Å²) in [6.45, 7) is 0. The van der Waals surface area contributed by atoms with Gasteiger partial charge in [-0.2, -0.15) is 0 Å². The largest absolute Gasteiger partial charge is 0.456 e. The second-order valence-electron chi connectivity index (χ2n) is 12.5. The van der Waals surface area contributed by atoms with Gasteiger partial charge >= 0.3 is 0 Å². The van der Waals surface area contributed by atoms with E-state index in [1.807, 2.05) is 24.3 Å². The van der Waals surface area contributed by atoms with Crippen molar-refractivity contribution in [2.24, 2.45) is 0 Å². The molecule has 2 aromatic heterocycles. The lowest BCUT2D eigenvalue weighted by molar-refractivity contribution is 0.668. The minimum Gasteiger partial charge on any atom is -0.456 e. The van der Waals surface area contributed by atoms with Crippen LogP contribution in [0.5, 0.6) is 0 Å². The van der Waals surface area contributed by atoms with Crippen molar-refractivity contribution >= 4 is 71.7 Å². The summed E-state index contributed by atoms with van der Waals surface area (Å²) >= 11 is 0. The molecular weight excluding hydrogens is 599 g/mol. The lowest BCUT2D eigenvalue weighted by Crippen LogP contribution is -2.11. The number of anilines is 3. The summed E-state index contributed by atoms with van der Waals surface area (Å²) in [7, 11) is 0. The van der Waals surface area contributed by atoms with Crippen LogP contribution >= 0.6 is 0 Å². The minimum absolute atomic E-state index is 0.869. The predicted molar refractivity (Wildman–Crippen MR) is 204 cm³/mol. The summed E-state index contributed by atoms with van der Waals surface area (Å²) in [5.41, 5.74) is 11.5. The third kappa shape index (κ3) is 4.51. The highest BCUT2D eigenvalue weighted by Crippen LogP contribution is 2.43. The second kappa shape index (κ2) is 11.0. The maximum Gasteiger partial charge on any atom is 0.137 e. The number of benzene rings is 8. The number of hydrogen-bond acceptors (Lipinski definition) is 3. The summed E-state index contributed by atoms with van der Waals surface area (Å²) in [5, 5.41) is 6.96. The number of nitrogens with zero attached hydrogens (tertiary/aromatic N) is 1. The van der Waals surface area contributed by atoms with Crippen LogP contribution in [0.3, 0.4) is 0 Å². The van der Waals surface area contributed by atoms with Gasteiger partial charge in [-0.15, -0.1) is 0 Å². The number of hydrogen-bond donors (Lipinski definition) is 0. The van der Waals surface area contributed by atoms with Crippen LogP contribution in [0.25, 0.3) is 76.9 Å². The fourth-order valence-electron chi connectivity index (χ4n) is 7.35. The van der Waals surface area contributed by atoms with Gasteiger partial charge in [0, 0.05) is 44.5 Å². The topological polar surface area (TPSA) is 29.5 Å². The van der Waals surface area contributed by atoms with Crippen LogP contribution in [0, 0.1) is 0 Å². The lowest BCUT2D eigenvalue weighted by atomic mass is 9.98. The summed E-state index contributed by atoms with van der Waals surface area (Å²) in [4.78, 5) is 2.33. The van der Waals surface area contributed by atoms with Crippen molar-refractivity contribution in [2.75, 3.05) is 4.90 Å². The Bertz CT molecular complexity index is 2830. The zero-order valence-electron chi connectivity index (χ0n) is 26.5. The van der Waals surface area contributed by atoms with Crippen molar-refractivity contribution in [1.82, 2.24) is 0 Å². The number of fused-ring (bicyclic) bond motifs is 8. The smallest absolute Gasteiger partial charge is 0.137 e. The Morgan fingerprint density at radius 2 is 0.980 bits per heavy atom. The molecule has 0 amide bonds. The average molecular weight is 628 g/mol. The molecule has 10 aromatic rings. The van der Waals surface area contributed by atoms with E-state index in [1.165, 1.54) is 27.3 Å². The van der Waals surface area contributed by atoms with E-state index in [-0.39, 0.29) is 0 Å². The molecule has 0 saturated carbocycles. The van der Waals surface area contributed by atoms with Crippen molar-refractivity contribution in [3.8, 4) is 22.3 Å². The first-order chi connectivity index (χ1) is 24.3. The van der Waals surface area contributed by atoms with Crippen LogP contribution in [0.2, 0.25) is 0 Å². The van der Waals surface area contributed by atoms with E-state index in [4.69, 9.17) is 8.83 Å². The molecule has 230 valence electrons. The van der Waals surface area contributed by atoms with E-state index >= 15 is 0 Å². The van der Waals surface area contributed by atoms with Crippen LogP contribution in [-0.4, -0.2) is 0 Å². The molecule has 0 aliphatic heterocycles. The molecule has 0 spiro atoms. The normalized spacial score (nSPS) is 11.7. The van der Waals surface area contributed by atoms with Crippen molar-refractivity contribution in [2.45, 2.75) is 0 Å². The number of para-hydroxylation sites is 3. The number of furan rings is 2. The molecule has 2 heterocycles. The van der Waals surface area contributed by atoms with E-state index in [9.17, 15) is 0 Å². The summed E-state index contributed by atoms with van der Waals surface area (Å²) < 4.78 is 12.5. The summed E-state index contributed by atoms with van der Waals surface area (Å²) in [6.07, 6.45) is 0. The van der Waals surface area contributed by atoms with Gasteiger partial charge in [0.05, 0.1) is 5.69 Å². The molecule has 0 radical (unpaired) electrons. The molecule has 10 rings (SSSR count). The molecule has 0 atom stereocenters. The van der Waals surface area contributed by atoms with Gasteiger partial charge in [-0.3, -0.25) is 0 Å². The molecular formula is C46H29NO2. The third-order valence-corrected chi connectivity index (χ3v) is 9.67. The fourth-order valence-corrected chi connectivity index (χ4v) is 7.35. The predicted octanol–water partition coefficient (Wildman–Crippen LogP) is 13.4. The second-order valence-corrected chi connectivity index (χ2v) is 12.5. The van der Waals surface area contributed by atoms with E-state index in [1.54, 1.807) is 0 Å². The molecule has 0 saturated heterocycles. The Balaban J connectivity index is 1.10. The maximum atomic E-state index is 6.35. The first kappa shape index (κ1) is 27.5. The monoisotopic (exact) mass is 627 g/mol. The fraction of sp³-hybridized carbons (Fsp3) is 0. The van der Waals surface area contributed by atoms with Gasteiger partial charge in [0.1, 0.15) is 22.3 Å². The van der Waals surface area contributed by atoms with Gasteiger partial charge in [-0.25, -0.2) is 0 Å². The molecule has 0 N–H and O–H groups in total. The standard InChI is InChI=1S/C46H29NO2/c1-2-10-31(11-3-1)36-12-4-7-15-41(36)47(35-24-26-39-38-13-5-8-16-42(38)49-45(39)29-35)34-22-18-30(19-23-34)32-20-25-37-33(28-32)21-27-44-46(37)40-14-6-9-17-43(40)48-44/h1-29H. The molecule has 49 heavy (non-hydrogen) atoms. The highest BCUT2D eigenvalue weighted by atomic mass is 16.3. The van der Waals surface area contributed by atoms with Crippen LogP contribution in [-0.2, 0) is 0 Å². The molecule has 0 aliphatic rings. The Hall–Kier alpha value is -6.58. The Morgan fingerprint density at radius 3 is 1.84 bits per heavy atom. The van der Waals surface area contributed by atoms with Crippen molar-refractivity contribution < 1.29 is 8.83 Å². The van der Waals surface area contributed by atoms with Crippen molar-refractivity contribution in [3.63, 3.8) is 0 Å². The zero-order valence-corrected chi connectivity index (χ0v) is 26.5. The molecule has 0 fully saturated rings. The molecule has 0 unspecified atom stereocenters. The number of rotatable bonds is 5. The third-order valence-electron chi connectivity index (χ3n) is 9.67. The summed E-state index contributed by atoms with van der Waals surface area (Å²) in [5.74, 6) is 0. The van der Waals surface area contributed by atoms with Gasteiger partial charge in [-0.05, 0) is 82.1 Å². The molecule has 0 bridgehead atoms. The first-order valence-electron chi connectivity index (χ1n) is 16.6. The summed E-state index contributed by atoms with van der Waals surface area (Å²) in [6, 6.07) is 62.1. The van der Waals surface area contributed by atoms with Gasteiger partial charge < -0.3 is 13.7 Å².